The summed E-state index contributed by atoms with van der Waals surface area (Å²) < 4.78 is 19.8. The molecule has 0 heterocycles. The van der Waals surface area contributed by atoms with Crippen molar-refractivity contribution in [3.05, 3.63) is 29.1 Å². The van der Waals surface area contributed by atoms with Crippen LogP contribution in [0.5, 0.6) is 5.75 Å². The Morgan fingerprint density at radius 2 is 1.90 bits per heavy atom. The summed E-state index contributed by atoms with van der Waals surface area (Å²) in [5.74, 6) is 2.81. The van der Waals surface area contributed by atoms with Crippen molar-refractivity contribution in [1.82, 2.24) is 0 Å². The second-order valence-electron chi connectivity index (χ2n) is 6.68. The van der Waals surface area contributed by atoms with Crippen LogP contribution in [0.3, 0.4) is 0 Å². The average Bonchev–Trinajstić information content (AvgIpc) is 3.18. The Morgan fingerprint density at radius 3 is 2.55 bits per heavy atom. The van der Waals surface area contributed by atoms with Gasteiger partial charge in [0.15, 0.2) is 0 Å². The highest BCUT2D eigenvalue weighted by molar-refractivity contribution is 5.42. The Bertz CT molecular complexity index is 479. The molecule has 0 amide bonds. The van der Waals surface area contributed by atoms with Gasteiger partial charge in [-0.2, -0.15) is 0 Å². The maximum Gasteiger partial charge on any atom is 0.129 e. The van der Waals surface area contributed by atoms with E-state index in [2.05, 4.69) is 6.92 Å². The summed E-state index contributed by atoms with van der Waals surface area (Å²) in [6, 6.07) is 3.60. The van der Waals surface area contributed by atoms with E-state index in [1.807, 2.05) is 13.0 Å². The average molecular weight is 276 g/mol. The number of rotatable bonds is 5. The van der Waals surface area contributed by atoms with Gasteiger partial charge in [-0.15, -0.1) is 0 Å². The molecular formula is C18H25FO. The van der Waals surface area contributed by atoms with Crippen LogP contribution in [-0.2, 0) is 0 Å². The predicted molar refractivity (Wildman–Crippen MR) is 79.7 cm³/mol. The molecule has 2 atom stereocenters. The molecule has 1 aromatic rings. The second-order valence-corrected chi connectivity index (χ2v) is 6.68. The highest BCUT2D eigenvalue weighted by atomic mass is 19.1. The van der Waals surface area contributed by atoms with Crippen molar-refractivity contribution in [1.29, 1.82) is 0 Å². The van der Waals surface area contributed by atoms with E-state index >= 15 is 0 Å². The van der Waals surface area contributed by atoms with E-state index < -0.39 is 0 Å². The molecule has 20 heavy (non-hydrogen) atoms. The lowest BCUT2D eigenvalue weighted by molar-refractivity contribution is 0.244. The lowest BCUT2D eigenvalue weighted by Gasteiger charge is -2.16. The Balaban J connectivity index is 1.66. The molecule has 2 heteroatoms. The fourth-order valence-corrected chi connectivity index (χ4v) is 3.43. The third-order valence-electron chi connectivity index (χ3n) is 5.01. The fraction of sp³-hybridized carbons (Fsp3) is 0.667. The van der Waals surface area contributed by atoms with Crippen LogP contribution in [0.25, 0.3) is 0 Å². The van der Waals surface area contributed by atoms with E-state index in [9.17, 15) is 4.39 Å². The molecule has 0 aliphatic heterocycles. The first-order chi connectivity index (χ1) is 9.67. The van der Waals surface area contributed by atoms with Gasteiger partial charge in [-0.3, -0.25) is 0 Å². The van der Waals surface area contributed by atoms with E-state index in [0.29, 0.717) is 11.8 Å². The molecule has 2 aliphatic carbocycles. The van der Waals surface area contributed by atoms with Gasteiger partial charge in [-0.1, -0.05) is 19.8 Å². The zero-order chi connectivity index (χ0) is 14.1. The number of benzene rings is 1. The van der Waals surface area contributed by atoms with Crippen molar-refractivity contribution < 1.29 is 9.13 Å². The topological polar surface area (TPSA) is 9.23 Å². The van der Waals surface area contributed by atoms with Crippen molar-refractivity contribution in [2.75, 3.05) is 6.61 Å². The minimum atomic E-state index is -0.137. The molecule has 0 N–H and O–H groups in total. The monoisotopic (exact) mass is 276 g/mol. The summed E-state index contributed by atoms with van der Waals surface area (Å²) in [6.07, 6.45) is 7.62. The molecule has 0 bridgehead atoms. The van der Waals surface area contributed by atoms with E-state index in [1.54, 1.807) is 6.07 Å². The Morgan fingerprint density at radius 1 is 1.15 bits per heavy atom. The van der Waals surface area contributed by atoms with Crippen molar-refractivity contribution in [2.24, 2.45) is 11.8 Å². The molecule has 0 saturated heterocycles. The normalized spacial score (nSPS) is 25.9. The summed E-state index contributed by atoms with van der Waals surface area (Å²) in [4.78, 5) is 0. The molecular weight excluding hydrogens is 251 g/mol. The molecule has 1 aromatic carbocycles. The maximum atomic E-state index is 13.8. The van der Waals surface area contributed by atoms with Crippen LogP contribution in [0.15, 0.2) is 12.1 Å². The SMILES string of the molecule is CCC1CCC(COc2cc(F)c(C)cc2C2CC2)C1. The van der Waals surface area contributed by atoms with Crippen LogP contribution >= 0.6 is 0 Å². The molecule has 2 unspecified atom stereocenters. The largest absolute Gasteiger partial charge is 0.493 e. The minimum Gasteiger partial charge on any atom is -0.493 e. The lowest BCUT2D eigenvalue weighted by atomic mass is 10.0. The lowest BCUT2D eigenvalue weighted by Crippen LogP contribution is -2.10. The fourth-order valence-electron chi connectivity index (χ4n) is 3.43. The summed E-state index contributed by atoms with van der Waals surface area (Å²) in [6.45, 7) is 4.88. The van der Waals surface area contributed by atoms with Crippen LogP contribution in [0.4, 0.5) is 4.39 Å². The number of hydrogen-bond donors (Lipinski definition) is 0. The molecule has 0 aromatic heterocycles. The van der Waals surface area contributed by atoms with Crippen molar-refractivity contribution in [3.63, 3.8) is 0 Å². The Kier molecular flexibility index (Phi) is 4.00. The molecule has 2 aliphatic rings. The first kappa shape index (κ1) is 13.9. The molecule has 110 valence electrons. The molecule has 1 nitrogen and oxygen atoms in total. The van der Waals surface area contributed by atoms with Gasteiger partial charge in [0.2, 0.25) is 0 Å². The van der Waals surface area contributed by atoms with Crippen LogP contribution in [-0.4, -0.2) is 6.61 Å². The van der Waals surface area contributed by atoms with Gasteiger partial charge in [0, 0.05) is 6.07 Å². The third kappa shape index (κ3) is 2.99. The van der Waals surface area contributed by atoms with E-state index in [0.717, 1.165) is 23.8 Å². The van der Waals surface area contributed by atoms with E-state index in [4.69, 9.17) is 4.74 Å². The summed E-state index contributed by atoms with van der Waals surface area (Å²) in [5.41, 5.74) is 1.97. The molecule has 3 rings (SSSR count). The van der Waals surface area contributed by atoms with Crippen LogP contribution < -0.4 is 4.74 Å². The summed E-state index contributed by atoms with van der Waals surface area (Å²) in [7, 11) is 0. The van der Waals surface area contributed by atoms with Gasteiger partial charge in [-0.05, 0) is 67.6 Å². The first-order valence-corrected chi connectivity index (χ1v) is 8.10. The zero-order valence-electron chi connectivity index (χ0n) is 12.6. The Labute approximate surface area is 121 Å². The molecule has 0 radical (unpaired) electrons. The summed E-state index contributed by atoms with van der Waals surface area (Å²) >= 11 is 0. The number of halogens is 1. The van der Waals surface area contributed by atoms with Crippen LogP contribution in [0, 0.1) is 24.6 Å². The van der Waals surface area contributed by atoms with Crippen molar-refractivity contribution >= 4 is 0 Å². The van der Waals surface area contributed by atoms with Gasteiger partial charge in [0.25, 0.3) is 0 Å². The second kappa shape index (κ2) is 5.75. The van der Waals surface area contributed by atoms with Crippen LogP contribution in [0.1, 0.15) is 62.5 Å². The highest BCUT2D eigenvalue weighted by Crippen LogP contribution is 2.45. The first-order valence-electron chi connectivity index (χ1n) is 8.10. The van der Waals surface area contributed by atoms with Crippen molar-refractivity contribution in [2.45, 2.75) is 58.3 Å². The van der Waals surface area contributed by atoms with E-state index in [-0.39, 0.29) is 5.82 Å². The minimum absolute atomic E-state index is 0.137. The molecule has 2 fully saturated rings. The maximum absolute atomic E-state index is 13.8. The van der Waals surface area contributed by atoms with Gasteiger partial charge >= 0.3 is 0 Å². The predicted octanol–water partition coefficient (Wildman–Crippen LogP) is 5.22. The summed E-state index contributed by atoms with van der Waals surface area (Å²) in [5, 5.41) is 0. The third-order valence-corrected chi connectivity index (χ3v) is 5.01. The smallest absolute Gasteiger partial charge is 0.129 e. The zero-order valence-corrected chi connectivity index (χ0v) is 12.6. The standard InChI is InChI=1S/C18H25FO/c1-3-13-4-5-14(9-13)11-20-18-10-17(19)12(2)8-16(18)15-6-7-15/h8,10,13-15H,3-7,9,11H2,1-2H3. The van der Waals surface area contributed by atoms with Gasteiger partial charge in [0.05, 0.1) is 6.61 Å². The molecule has 0 spiro atoms. The van der Waals surface area contributed by atoms with Gasteiger partial charge in [-0.25, -0.2) is 4.39 Å². The molecule has 2 saturated carbocycles. The Hall–Kier alpha value is -1.05. The quantitative estimate of drug-likeness (QED) is 0.716. The highest BCUT2D eigenvalue weighted by Gasteiger charge is 2.29. The number of aryl methyl sites for hydroxylation is 1. The number of ether oxygens (including phenoxy) is 1. The van der Waals surface area contributed by atoms with Gasteiger partial charge in [0.1, 0.15) is 11.6 Å². The van der Waals surface area contributed by atoms with E-state index in [1.165, 1.54) is 44.1 Å². The number of hydrogen-bond acceptors (Lipinski definition) is 1. The van der Waals surface area contributed by atoms with Crippen molar-refractivity contribution in [3.8, 4) is 5.75 Å². The van der Waals surface area contributed by atoms with Crippen LogP contribution in [0.2, 0.25) is 0 Å². The van der Waals surface area contributed by atoms with Gasteiger partial charge < -0.3 is 4.74 Å².